The molecule has 2 bridgehead atoms. The van der Waals surface area contributed by atoms with Gasteiger partial charge in [0.1, 0.15) is 30.1 Å². The van der Waals surface area contributed by atoms with E-state index in [1.807, 2.05) is 32.1 Å². The number of cyclic esters (lactones) is 1. The van der Waals surface area contributed by atoms with Crippen LogP contribution in [0.4, 0.5) is 0 Å². The van der Waals surface area contributed by atoms with Gasteiger partial charge in [-0.2, -0.15) is 0 Å². The number of amides is 1. The van der Waals surface area contributed by atoms with Gasteiger partial charge in [-0.05, 0) is 107 Å². The third-order valence-corrected chi connectivity index (χ3v) is 14.2. The lowest BCUT2D eigenvalue weighted by Crippen LogP contribution is -2.56. The highest BCUT2D eigenvalue weighted by atomic mass is 16.6. The van der Waals surface area contributed by atoms with Gasteiger partial charge in [-0.25, -0.2) is 4.79 Å². The highest BCUT2D eigenvalue weighted by molar-refractivity contribution is 5.97. The van der Waals surface area contributed by atoms with Gasteiger partial charge in [-0.3, -0.25) is 14.4 Å². The second-order valence-corrected chi connectivity index (χ2v) is 19.3. The van der Waals surface area contributed by atoms with Gasteiger partial charge in [0, 0.05) is 44.2 Å². The normalized spacial score (nSPS) is 41.3. The first kappa shape index (κ1) is 52.3. The Bertz CT molecular complexity index is 1720. The molecule has 2 saturated heterocycles. The molecule has 0 radical (unpaired) electrons. The molecule has 3 fully saturated rings. The van der Waals surface area contributed by atoms with E-state index in [0.29, 0.717) is 63.4 Å². The van der Waals surface area contributed by atoms with Crippen molar-refractivity contribution in [2.45, 2.75) is 180 Å². The number of fused-ring (bicyclic) bond motifs is 3. The molecule has 0 aromatic heterocycles. The Labute approximate surface area is 375 Å². The van der Waals surface area contributed by atoms with Gasteiger partial charge in [0.25, 0.3) is 5.91 Å². The molecule has 0 aromatic carbocycles. The van der Waals surface area contributed by atoms with Crippen molar-refractivity contribution in [3.63, 3.8) is 0 Å². The fourth-order valence-electron chi connectivity index (χ4n) is 9.76. The Morgan fingerprint density at radius 1 is 0.889 bits per heavy atom. The minimum atomic E-state index is -2.04. The topological polar surface area (TPSA) is 200 Å². The Morgan fingerprint density at radius 2 is 1.60 bits per heavy atom. The number of esters is 1. The summed E-state index contributed by atoms with van der Waals surface area (Å²) in [6.45, 7) is 16.6. The van der Waals surface area contributed by atoms with Crippen LogP contribution in [0.25, 0.3) is 0 Å². The standard InChI is InChI=1S/C50H77NO12/c1-29-15-11-10-12-16-30(2)41(53)27-38-20-18-35(7)50(60,63-38)36(8)48(58)51-22-14-13-17-39(51)49(59)62-43(32(4)25-37-19-21-40(52)44(26-37)61-9)28-42(54)31(3)24-34(6)46(56)47(57)45(55)33(5)23-29/h10-12,15-16,24,29,31-33,35,37-41,43-44,46-47,52-53,56-57,60H,8,13-14,17-23,25-28H2,1-7,9H3/b12-10+,15-11-,30-16+,34-24+/t29-,31-,32-,33-,35-,37-,38+,39+,40-,41+,43+,44-,46-,47+,50-/m1/s1. The first-order valence-corrected chi connectivity index (χ1v) is 23.3. The lowest BCUT2D eigenvalue weighted by Gasteiger charge is -2.45. The molecule has 3 aliphatic heterocycles. The summed E-state index contributed by atoms with van der Waals surface area (Å²) < 4.78 is 18.1. The quantitative estimate of drug-likeness (QED) is 0.128. The van der Waals surface area contributed by atoms with E-state index in [1.54, 1.807) is 53.9 Å². The number of aliphatic hydroxyl groups excluding tert-OH is 4. The number of ether oxygens (including phenoxy) is 3. The lowest BCUT2D eigenvalue weighted by atomic mass is 9.78. The summed E-state index contributed by atoms with van der Waals surface area (Å²) in [5.74, 6) is -6.22. The highest BCUT2D eigenvalue weighted by Gasteiger charge is 2.49. The monoisotopic (exact) mass is 884 g/mol. The van der Waals surface area contributed by atoms with Crippen molar-refractivity contribution in [1.29, 1.82) is 0 Å². The van der Waals surface area contributed by atoms with E-state index in [9.17, 15) is 44.7 Å². The van der Waals surface area contributed by atoms with Crippen molar-refractivity contribution in [2.75, 3.05) is 13.7 Å². The number of carbonyl (C=O) groups is 4. The van der Waals surface area contributed by atoms with Crippen LogP contribution < -0.4 is 0 Å². The molecule has 4 aliphatic rings. The first-order chi connectivity index (χ1) is 29.7. The number of Topliss-reactive ketones (excluding diaryl/α,β-unsaturated/α-hetero) is 2. The van der Waals surface area contributed by atoms with Gasteiger partial charge in [0.15, 0.2) is 11.6 Å². The number of allylic oxidation sites excluding steroid dienone is 6. The Kier molecular flexibility index (Phi) is 19.7. The number of hydrogen-bond acceptors (Lipinski definition) is 12. The number of ketones is 2. The Hall–Kier alpha value is -3.30. The van der Waals surface area contributed by atoms with E-state index in [-0.39, 0.29) is 60.2 Å². The molecule has 3 heterocycles. The predicted molar refractivity (Wildman–Crippen MR) is 240 cm³/mol. The molecule has 15 atom stereocenters. The maximum atomic E-state index is 14.4. The molecule has 13 heteroatoms. The third kappa shape index (κ3) is 13.9. The van der Waals surface area contributed by atoms with Gasteiger partial charge in [0.2, 0.25) is 0 Å². The van der Waals surface area contributed by atoms with Gasteiger partial charge in [-0.15, -0.1) is 0 Å². The molecule has 13 nitrogen and oxygen atoms in total. The number of aliphatic hydroxyl groups is 5. The van der Waals surface area contributed by atoms with Crippen molar-refractivity contribution >= 4 is 23.4 Å². The van der Waals surface area contributed by atoms with Crippen molar-refractivity contribution < 1.29 is 58.9 Å². The molecule has 5 N–H and O–H groups in total. The summed E-state index contributed by atoms with van der Waals surface area (Å²) in [5.41, 5.74) is 0.734. The largest absolute Gasteiger partial charge is 0.460 e. The zero-order valence-electron chi connectivity index (χ0n) is 39.0. The van der Waals surface area contributed by atoms with Crippen LogP contribution in [-0.2, 0) is 33.4 Å². The fourth-order valence-corrected chi connectivity index (χ4v) is 9.76. The lowest BCUT2D eigenvalue weighted by molar-refractivity contribution is -0.259. The van der Waals surface area contributed by atoms with Gasteiger partial charge in [-0.1, -0.05) is 77.7 Å². The van der Waals surface area contributed by atoms with Crippen LogP contribution in [0.2, 0.25) is 0 Å². The van der Waals surface area contributed by atoms with Crippen molar-refractivity contribution in [3.05, 3.63) is 59.8 Å². The molecule has 0 unspecified atom stereocenters. The van der Waals surface area contributed by atoms with Gasteiger partial charge in [0.05, 0.1) is 30.0 Å². The van der Waals surface area contributed by atoms with Crippen LogP contribution in [0.5, 0.6) is 0 Å². The number of carbonyl (C=O) groups excluding carboxylic acids is 4. The minimum absolute atomic E-state index is 0.0403. The van der Waals surface area contributed by atoms with Crippen LogP contribution >= 0.6 is 0 Å². The van der Waals surface area contributed by atoms with E-state index in [2.05, 4.69) is 6.58 Å². The van der Waals surface area contributed by atoms with Crippen molar-refractivity contribution in [3.8, 4) is 0 Å². The summed E-state index contributed by atoms with van der Waals surface area (Å²) >= 11 is 0. The molecule has 4 rings (SSSR count). The van der Waals surface area contributed by atoms with Gasteiger partial charge >= 0.3 is 5.97 Å². The molecule has 0 spiro atoms. The number of piperidine rings is 1. The molecule has 1 aliphatic carbocycles. The summed E-state index contributed by atoms with van der Waals surface area (Å²) in [5, 5.41) is 55.7. The van der Waals surface area contributed by atoms with E-state index < -0.39 is 83.9 Å². The third-order valence-electron chi connectivity index (χ3n) is 14.2. The smallest absolute Gasteiger partial charge is 0.329 e. The van der Waals surface area contributed by atoms with Crippen molar-refractivity contribution in [2.24, 2.45) is 35.5 Å². The zero-order valence-corrected chi connectivity index (χ0v) is 39.0. The number of rotatable bonds is 4. The molecule has 1 saturated carbocycles. The maximum Gasteiger partial charge on any atom is 0.329 e. The zero-order chi connectivity index (χ0) is 46.8. The van der Waals surface area contributed by atoms with Crippen molar-refractivity contribution in [1.82, 2.24) is 4.90 Å². The van der Waals surface area contributed by atoms with Crippen LogP contribution in [0.3, 0.4) is 0 Å². The van der Waals surface area contributed by atoms with Gasteiger partial charge < -0.3 is 44.6 Å². The van der Waals surface area contributed by atoms with E-state index >= 15 is 0 Å². The summed E-state index contributed by atoms with van der Waals surface area (Å²) in [7, 11) is 1.57. The van der Waals surface area contributed by atoms with E-state index in [1.165, 1.54) is 11.0 Å². The molecule has 1 amide bonds. The predicted octanol–water partition coefficient (Wildman–Crippen LogP) is 5.86. The molecular formula is C50H77NO12. The second kappa shape index (κ2) is 23.8. The highest BCUT2D eigenvalue weighted by Crippen LogP contribution is 2.40. The van der Waals surface area contributed by atoms with Crippen LogP contribution in [0.15, 0.2) is 59.8 Å². The Balaban J connectivity index is 1.67. The summed E-state index contributed by atoms with van der Waals surface area (Å²) in [4.78, 5) is 57.4. The average Bonchev–Trinajstić information content (AvgIpc) is 3.25. The number of methoxy groups -OCH3 is 1. The van der Waals surface area contributed by atoms with Crippen LogP contribution in [-0.4, -0.2) is 122 Å². The van der Waals surface area contributed by atoms with Crippen LogP contribution in [0.1, 0.15) is 126 Å². The maximum absolute atomic E-state index is 14.4. The minimum Gasteiger partial charge on any atom is -0.460 e. The number of hydrogen-bond donors (Lipinski definition) is 5. The molecular weight excluding hydrogens is 807 g/mol. The van der Waals surface area contributed by atoms with E-state index in [0.717, 1.165) is 6.42 Å². The number of nitrogens with zero attached hydrogens (tertiary/aromatic N) is 1. The molecule has 63 heavy (non-hydrogen) atoms. The summed E-state index contributed by atoms with van der Waals surface area (Å²) in [6, 6.07) is -1.01. The fraction of sp³-hybridized carbons (Fsp3) is 0.720. The SMILES string of the molecule is C=C1C(=O)N2CCCC[C@H]2C(=O)O[C@H]([C@H](C)C[C@H]2CC[C@@H](O)[C@H](OC)C2)CC(=O)[C@H](C)/C=C(\C)[C@@H](O)[C@@H](O)C(=O)[C@H](C)C[C@H](C)\C=C/C=C/C=C(\C)[C@@H](O)C[C@@H]2CC[C@@H](C)[C@@]1(O)O2. The average molecular weight is 884 g/mol. The molecule has 354 valence electrons. The molecule has 0 aromatic rings. The second-order valence-electron chi connectivity index (χ2n) is 19.3. The van der Waals surface area contributed by atoms with E-state index in [4.69, 9.17) is 14.2 Å². The Morgan fingerprint density at radius 3 is 2.30 bits per heavy atom. The summed E-state index contributed by atoms with van der Waals surface area (Å²) in [6.07, 6.45) is 9.65. The first-order valence-electron chi connectivity index (χ1n) is 23.3. The van der Waals surface area contributed by atoms with Crippen LogP contribution in [0, 0.1) is 35.5 Å².